The molecule has 3 aromatic heterocycles. The number of fused-ring (bicyclic) bond motifs is 5. The third-order valence-corrected chi connectivity index (χ3v) is 13.0. The molecular weight excluding hydrogens is 988 g/mol. The molecular formula is C60H52N4OPt-2. The van der Waals surface area contributed by atoms with Gasteiger partial charge in [-0.05, 0) is 97.3 Å². The predicted molar refractivity (Wildman–Crippen MR) is 265 cm³/mol. The molecule has 1 aliphatic carbocycles. The zero-order valence-electron chi connectivity index (χ0n) is 47.7. The second-order valence-electron chi connectivity index (χ2n) is 19.2. The summed E-state index contributed by atoms with van der Waals surface area (Å²) >= 11 is 0. The van der Waals surface area contributed by atoms with Crippen LogP contribution in [0.5, 0.6) is 11.5 Å². The van der Waals surface area contributed by atoms with Crippen LogP contribution in [0.15, 0.2) is 164 Å². The van der Waals surface area contributed by atoms with Crippen LogP contribution in [0.4, 0.5) is 0 Å². The number of nitrogens with zero attached hydrogens (tertiary/aromatic N) is 4. The molecule has 3 heterocycles. The quantitative estimate of drug-likeness (QED) is 0.118. The van der Waals surface area contributed by atoms with E-state index in [1.165, 1.54) is 11.1 Å². The average molecular weight is 1050 g/mol. The van der Waals surface area contributed by atoms with E-state index in [2.05, 4.69) is 102 Å². The number of pyridine rings is 1. The van der Waals surface area contributed by atoms with Crippen molar-refractivity contribution in [2.24, 2.45) is 0 Å². The van der Waals surface area contributed by atoms with E-state index >= 15 is 0 Å². The summed E-state index contributed by atoms with van der Waals surface area (Å²) in [6.07, 6.45) is 7.46. The zero-order chi connectivity index (χ0) is 53.4. The Balaban J connectivity index is 0.00000657. The summed E-state index contributed by atoms with van der Waals surface area (Å²) in [4.78, 5) is 4.97. The molecule has 0 saturated heterocycles. The maximum Gasteiger partial charge on any atom is 0.268 e. The smallest absolute Gasteiger partial charge is 0.268 e. The van der Waals surface area contributed by atoms with E-state index in [0.717, 1.165) is 46.0 Å². The van der Waals surface area contributed by atoms with Crippen molar-refractivity contribution in [1.82, 2.24) is 14.1 Å². The molecule has 330 valence electrons. The first-order chi connectivity index (χ1) is 35.5. The molecule has 0 N–H and O–H groups in total. The van der Waals surface area contributed by atoms with Crippen molar-refractivity contribution in [2.75, 3.05) is 0 Å². The summed E-state index contributed by atoms with van der Waals surface area (Å²) in [5.41, 5.74) is 7.40. The standard InChI is InChI=1S/C60H52N4O.Pt/c1-58(2,3)42-30-33-61-56(34-42)64-54-36-45(28-29-48(54)49-37-50-51(38-55(49)64)60(6,7)32-31-59(50,4)5)65-44-23-16-22-43(35-44)62-39-63(53-27-15-14-26-52(53)62)57-46(40-18-10-8-11-19-40)24-17-25-47(57)41-20-12-9-13-21-41;/h8-30,33-34,37-38H,31-32H2,1-7H3;/q-2;/i8D,9D,10D,11D,12D,13D,18D,19D,20D,21D;. The first kappa shape index (κ1) is 33.0. The van der Waals surface area contributed by atoms with Gasteiger partial charge in [-0.3, -0.25) is 4.57 Å². The fourth-order valence-electron chi connectivity index (χ4n) is 9.39. The molecule has 6 heteroatoms. The number of rotatable bonds is 7. The molecule has 1 aliphatic rings. The Hall–Kier alpha value is -6.55. The molecule has 0 unspecified atom stereocenters. The first-order valence-corrected chi connectivity index (χ1v) is 21.9. The summed E-state index contributed by atoms with van der Waals surface area (Å²) in [6, 6.07) is 32.4. The van der Waals surface area contributed by atoms with E-state index < -0.39 is 60.4 Å². The number of aromatic nitrogens is 4. The van der Waals surface area contributed by atoms with Crippen molar-refractivity contribution >= 4 is 32.8 Å². The minimum Gasteiger partial charge on any atom is -0.510 e. The fraction of sp³-hybridized carbons (Fsp3) is 0.200. The number of benzene rings is 7. The molecule has 0 saturated carbocycles. The molecule has 0 radical (unpaired) electrons. The van der Waals surface area contributed by atoms with E-state index in [9.17, 15) is 0 Å². The van der Waals surface area contributed by atoms with Gasteiger partial charge in [-0.25, -0.2) is 4.98 Å². The van der Waals surface area contributed by atoms with Gasteiger partial charge in [0.05, 0.1) is 30.4 Å². The Labute approximate surface area is 416 Å². The summed E-state index contributed by atoms with van der Waals surface area (Å²) in [5.74, 6) is 1.60. The Morgan fingerprint density at radius 2 is 1.30 bits per heavy atom. The van der Waals surface area contributed by atoms with Gasteiger partial charge >= 0.3 is 0 Å². The van der Waals surface area contributed by atoms with Crippen LogP contribution in [0.3, 0.4) is 0 Å². The molecule has 0 amide bonds. The first-order valence-electron chi connectivity index (χ1n) is 26.9. The number of hydrogen-bond acceptors (Lipinski definition) is 2. The van der Waals surface area contributed by atoms with E-state index in [1.807, 2.05) is 48.7 Å². The van der Waals surface area contributed by atoms with Crippen LogP contribution in [0.25, 0.3) is 72.3 Å². The SMILES string of the molecule is [2H]c1c([2H])c([2H])c(-c2cccc(-c3c([2H])c([2H])c([2H])c([2H])c3[2H])c2-[n+]2[c-]n(-c3[c-]c(Oc4[c-]c5c(cc4)c4cc6c(cc4n5-c4cc(C(C)(C)C)ccn4)C(C)(C)CCC6(C)C)ccc3)c3ccccc32)c([2H])c1[2H].[Pt]. The van der Waals surface area contributed by atoms with Gasteiger partial charge in [-0.1, -0.05) is 163 Å². The van der Waals surface area contributed by atoms with Gasteiger partial charge in [0.25, 0.3) is 6.33 Å². The van der Waals surface area contributed by atoms with Gasteiger partial charge < -0.3 is 13.9 Å². The number of para-hydroxylation sites is 3. The van der Waals surface area contributed by atoms with Crippen molar-refractivity contribution in [3.63, 3.8) is 0 Å². The van der Waals surface area contributed by atoms with Gasteiger partial charge in [0.15, 0.2) is 0 Å². The van der Waals surface area contributed by atoms with Gasteiger partial charge in [0.2, 0.25) is 0 Å². The number of imidazole rings is 1. The van der Waals surface area contributed by atoms with Crippen LogP contribution in [0.2, 0.25) is 0 Å². The molecule has 0 bridgehead atoms. The summed E-state index contributed by atoms with van der Waals surface area (Å²) < 4.78 is 99.5. The maximum absolute atomic E-state index is 9.05. The van der Waals surface area contributed by atoms with Crippen LogP contribution in [-0.4, -0.2) is 14.1 Å². The molecule has 0 spiro atoms. The van der Waals surface area contributed by atoms with E-state index in [-0.39, 0.29) is 65.3 Å². The molecule has 10 aromatic rings. The summed E-state index contributed by atoms with van der Waals surface area (Å²) in [7, 11) is 0. The van der Waals surface area contributed by atoms with Crippen LogP contribution < -0.4 is 9.30 Å². The Morgan fingerprint density at radius 1 is 0.667 bits per heavy atom. The van der Waals surface area contributed by atoms with Crippen molar-refractivity contribution in [1.29, 1.82) is 0 Å². The van der Waals surface area contributed by atoms with Crippen molar-refractivity contribution in [3.8, 4) is 50.9 Å². The molecule has 7 aromatic carbocycles. The molecule has 66 heavy (non-hydrogen) atoms. The van der Waals surface area contributed by atoms with Crippen molar-refractivity contribution in [3.05, 3.63) is 199 Å². The Bertz CT molecular complexity index is 3920. The second kappa shape index (κ2) is 16.4. The third-order valence-electron chi connectivity index (χ3n) is 13.0. The van der Waals surface area contributed by atoms with E-state index in [0.29, 0.717) is 28.2 Å². The topological polar surface area (TPSA) is 35.9 Å². The van der Waals surface area contributed by atoms with E-state index in [4.69, 9.17) is 23.4 Å². The minimum atomic E-state index is -0.569. The van der Waals surface area contributed by atoms with Crippen LogP contribution in [0, 0.1) is 18.5 Å². The largest absolute Gasteiger partial charge is 0.510 e. The second-order valence-corrected chi connectivity index (χ2v) is 19.2. The third kappa shape index (κ3) is 7.48. The van der Waals surface area contributed by atoms with Crippen molar-refractivity contribution in [2.45, 2.75) is 77.6 Å². The van der Waals surface area contributed by atoms with E-state index in [1.54, 1.807) is 33.4 Å². The number of ether oxygens (including phenoxy) is 1. The molecule has 0 fully saturated rings. The van der Waals surface area contributed by atoms with Crippen molar-refractivity contribution < 1.29 is 44.1 Å². The molecule has 11 rings (SSSR count). The van der Waals surface area contributed by atoms with Gasteiger partial charge in [-0.2, -0.15) is 18.2 Å². The zero-order valence-corrected chi connectivity index (χ0v) is 40.0. The minimum absolute atomic E-state index is 0. The predicted octanol–water partition coefficient (Wildman–Crippen LogP) is 14.6. The van der Waals surface area contributed by atoms with Gasteiger partial charge in [-0.15, -0.1) is 29.7 Å². The Kier molecular flexibility index (Phi) is 8.20. The molecule has 5 nitrogen and oxygen atoms in total. The molecule has 0 aliphatic heterocycles. The fourth-order valence-corrected chi connectivity index (χ4v) is 9.39. The number of hydrogen-bond donors (Lipinski definition) is 0. The average Bonchev–Trinajstić information content (AvgIpc) is 3.98. The molecule has 0 atom stereocenters. The van der Waals surface area contributed by atoms with Crippen LogP contribution in [0.1, 0.15) is 91.7 Å². The Morgan fingerprint density at radius 3 is 1.98 bits per heavy atom. The van der Waals surface area contributed by atoms with Crippen LogP contribution >= 0.6 is 0 Å². The summed E-state index contributed by atoms with van der Waals surface area (Å²) in [5, 5.41) is 2.13. The normalized spacial score (nSPS) is 16.4. The van der Waals surface area contributed by atoms with Crippen LogP contribution in [-0.2, 0) is 37.3 Å². The maximum atomic E-state index is 9.05. The summed E-state index contributed by atoms with van der Waals surface area (Å²) in [6.45, 7) is 15.9. The van der Waals surface area contributed by atoms with Gasteiger partial charge in [0, 0.05) is 44.3 Å². The monoisotopic (exact) mass is 1050 g/mol. The van der Waals surface area contributed by atoms with Gasteiger partial charge in [0.1, 0.15) is 5.82 Å².